The summed E-state index contributed by atoms with van der Waals surface area (Å²) in [6.07, 6.45) is 0. The Morgan fingerprint density at radius 1 is 0.885 bits per heavy atom. The Hall–Kier alpha value is -3.16. The molecule has 0 saturated carbocycles. The first-order chi connectivity index (χ1) is 12.5. The van der Waals surface area contributed by atoms with E-state index in [4.69, 9.17) is 9.88 Å². The third-order valence-corrected chi connectivity index (χ3v) is 4.80. The largest absolute Gasteiger partial charge is 0.457 e. The molecule has 4 aromatic rings. The summed E-state index contributed by atoms with van der Waals surface area (Å²) in [5.41, 5.74) is 2.13. The fourth-order valence-corrected chi connectivity index (χ4v) is 3.15. The molecule has 0 aliphatic carbocycles. The molecule has 0 aliphatic rings. The highest BCUT2D eigenvalue weighted by Crippen LogP contribution is 2.26. The second kappa shape index (κ2) is 6.29. The van der Waals surface area contributed by atoms with E-state index in [9.17, 15) is 8.42 Å². The lowest BCUT2D eigenvalue weighted by Crippen LogP contribution is -2.11. The molecule has 26 heavy (non-hydrogen) atoms. The Balaban J connectivity index is 1.63. The predicted molar refractivity (Wildman–Crippen MR) is 99.4 cm³/mol. The Labute approximate surface area is 150 Å². The quantitative estimate of drug-likeness (QED) is 0.576. The van der Waals surface area contributed by atoms with Gasteiger partial charge in [0.25, 0.3) is 0 Å². The van der Waals surface area contributed by atoms with E-state index in [0.717, 1.165) is 11.3 Å². The third-order valence-electron chi connectivity index (χ3n) is 3.89. The molecule has 0 bridgehead atoms. The molecule has 7 heteroatoms. The minimum atomic E-state index is -3.75. The molecule has 0 amide bonds. The average molecular weight is 365 g/mol. The molecule has 130 valence electrons. The first kappa shape index (κ1) is 16.3. The van der Waals surface area contributed by atoms with Gasteiger partial charge in [-0.1, -0.05) is 18.2 Å². The van der Waals surface area contributed by atoms with Gasteiger partial charge in [0.05, 0.1) is 15.9 Å². The van der Waals surface area contributed by atoms with Gasteiger partial charge in [-0.15, -0.1) is 0 Å². The first-order valence-corrected chi connectivity index (χ1v) is 9.40. The Bertz CT molecular complexity index is 1170. The topological polar surface area (TPSA) is 98.1 Å². The van der Waals surface area contributed by atoms with Gasteiger partial charge in [-0.25, -0.2) is 18.5 Å². The molecule has 0 atom stereocenters. The monoisotopic (exact) mass is 365 g/mol. The van der Waals surface area contributed by atoms with Crippen molar-refractivity contribution in [2.45, 2.75) is 4.90 Å². The van der Waals surface area contributed by atoms with Crippen LogP contribution in [0.4, 0.5) is 0 Å². The fourth-order valence-electron chi connectivity index (χ4n) is 2.61. The number of imidazole rings is 1. The second-order valence-corrected chi connectivity index (χ2v) is 7.31. The van der Waals surface area contributed by atoms with Gasteiger partial charge in [-0.05, 0) is 54.6 Å². The van der Waals surface area contributed by atoms with Gasteiger partial charge in [0.1, 0.15) is 17.3 Å². The highest BCUT2D eigenvalue weighted by molar-refractivity contribution is 7.89. The number of para-hydroxylation sites is 1. The highest BCUT2D eigenvalue weighted by Gasteiger charge is 2.11. The molecule has 0 aliphatic heterocycles. The van der Waals surface area contributed by atoms with Gasteiger partial charge in [0.2, 0.25) is 10.0 Å². The van der Waals surface area contributed by atoms with E-state index >= 15 is 0 Å². The lowest BCUT2D eigenvalue weighted by molar-refractivity contribution is 0.483. The number of hydrogen-bond acceptors (Lipinski definition) is 4. The van der Waals surface area contributed by atoms with Crippen molar-refractivity contribution >= 4 is 21.1 Å². The number of nitrogens with zero attached hydrogens (tertiary/aromatic N) is 1. The lowest BCUT2D eigenvalue weighted by atomic mass is 10.2. The number of benzene rings is 3. The molecule has 0 fully saturated rings. The number of sulfonamides is 1. The van der Waals surface area contributed by atoms with Gasteiger partial charge < -0.3 is 9.72 Å². The van der Waals surface area contributed by atoms with Gasteiger partial charge in [-0.2, -0.15) is 0 Å². The van der Waals surface area contributed by atoms with Crippen LogP contribution >= 0.6 is 0 Å². The van der Waals surface area contributed by atoms with Crippen LogP contribution in [0.5, 0.6) is 11.5 Å². The van der Waals surface area contributed by atoms with Gasteiger partial charge in [0.15, 0.2) is 0 Å². The normalized spacial score (nSPS) is 11.6. The number of fused-ring (bicyclic) bond motifs is 1. The number of aromatic nitrogens is 2. The van der Waals surface area contributed by atoms with E-state index in [2.05, 4.69) is 9.97 Å². The van der Waals surface area contributed by atoms with E-state index in [0.29, 0.717) is 22.6 Å². The highest BCUT2D eigenvalue weighted by atomic mass is 32.2. The summed E-state index contributed by atoms with van der Waals surface area (Å²) >= 11 is 0. The number of primary sulfonamides is 1. The molecule has 1 heterocycles. The summed E-state index contributed by atoms with van der Waals surface area (Å²) in [6.45, 7) is 0. The van der Waals surface area contributed by atoms with Gasteiger partial charge in [-0.3, -0.25) is 0 Å². The van der Waals surface area contributed by atoms with Crippen LogP contribution in [-0.4, -0.2) is 18.4 Å². The van der Waals surface area contributed by atoms with Crippen molar-refractivity contribution in [1.29, 1.82) is 0 Å². The zero-order valence-electron chi connectivity index (χ0n) is 13.6. The third kappa shape index (κ3) is 3.30. The Morgan fingerprint density at radius 3 is 2.27 bits per heavy atom. The first-order valence-electron chi connectivity index (χ1n) is 7.85. The minimum absolute atomic E-state index is 0.0480. The Kier molecular flexibility index (Phi) is 3.95. The smallest absolute Gasteiger partial charge is 0.238 e. The van der Waals surface area contributed by atoms with E-state index in [-0.39, 0.29) is 4.90 Å². The van der Waals surface area contributed by atoms with Crippen LogP contribution in [0.3, 0.4) is 0 Å². The minimum Gasteiger partial charge on any atom is -0.457 e. The summed E-state index contributed by atoms with van der Waals surface area (Å²) < 4.78 is 28.7. The zero-order chi connectivity index (χ0) is 18.1. The number of hydrogen-bond donors (Lipinski definition) is 2. The standard InChI is InChI=1S/C19H15N3O3S/c20-26(23,24)16-10-11-17-18(12-16)22-19(21-17)13-6-8-15(9-7-13)25-14-4-2-1-3-5-14/h1-12H,(H,21,22)(H2,20,23,24). The molecule has 0 saturated heterocycles. The van der Waals surface area contributed by atoms with Crippen molar-refractivity contribution in [1.82, 2.24) is 9.97 Å². The van der Waals surface area contributed by atoms with Gasteiger partial charge >= 0.3 is 0 Å². The lowest BCUT2D eigenvalue weighted by Gasteiger charge is -2.05. The average Bonchev–Trinajstić information content (AvgIpc) is 3.06. The van der Waals surface area contributed by atoms with E-state index < -0.39 is 10.0 Å². The Morgan fingerprint density at radius 2 is 1.58 bits per heavy atom. The van der Waals surface area contributed by atoms with Crippen LogP contribution < -0.4 is 9.88 Å². The molecule has 1 aromatic heterocycles. The van der Waals surface area contributed by atoms with Crippen molar-refractivity contribution in [3.63, 3.8) is 0 Å². The molecule has 3 aromatic carbocycles. The van der Waals surface area contributed by atoms with E-state index in [1.54, 1.807) is 6.07 Å². The van der Waals surface area contributed by atoms with Crippen LogP contribution in [0.25, 0.3) is 22.4 Å². The fraction of sp³-hybridized carbons (Fsp3) is 0. The van der Waals surface area contributed by atoms with Crippen LogP contribution in [0.1, 0.15) is 0 Å². The number of nitrogens with one attached hydrogen (secondary N) is 1. The van der Waals surface area contributed by atoms with E-state index in [1.165, 1.54) is 12.1 Å². The maximum absolute atomic E-state index is 11.5. The molecule has 4 rings (SSSR count). The molecular weight excluding hydrogens is 350 g/mol. The molecule has 6 nitrogen and oxygen atoms in total. The summed E-state index contributed by atoms with van der Waals surface area (Å²) in [5, 5.41) is 5.17. The molecule has 0 radical (unpaired) electrons. The van der Waals surface area contributed by atoms with Crippen molar-refractivity contribution in [3.05, 3.63) is 72.8 Å². The van der Waals surface area contributed by atoms with Crippen LogP contribution in [0.15, 0.2) is 77.7 Å². The zero-order valence-corrected chi connectivity index (χ0v) is 14.4. The van der Waals surface area contributed by atoms with Crippen LogP contribution in [-0.2, 0) is 10.0 Å². The summed E-state index contributed by atoms with van der Waals surface area (Å²) in [6, 6.07) is 21.5. The van der Waals surface area contributed by atoms with Crippen LogP contribution in [0.2, 0.25) is 0 Å². The van der Waals surface area contributed by atoms with E-state index in [1.807, 2.05) is 54.6 Å². The maximum atomic E-state index is 11.5. The summed E-state index contributed by atoms with van der Waals surface area (Å²) in [7, 11) is -3.75. The van der Waals surface area contributed by atoms with Crippen molar-refractivity contribution in [2.75, 3.05) is 0 Å². The maximum Gasteiger partial charge on any atom is 0.238 e. The van der Waals surface area contributed by atoms with Gasteiger partial charge in [0, 0.05) is 5.56 Å². The molecule has 0 unspecified atom stereocenters. The number of H-pyrrole nitrogens is 1. The second-order valence-electron chi connectivity index (χ2n) is 5.75. The van der Waals surface area contributed by atoms with Crippen molar-refractivity contribution in [3.8, 4) is 22.9 Å². The number of aromatic amines is 1. The number of nitrogens with two attached hydrogens (primary N) is 1. The van der Waals surface area contributed by atoms with Crippen molar-refractivity contribution in [2.24, 2.45) is 5.14 Å². The molecule has 0 spiro atoms. The summed E-state index contributed by atoms with van der Waals surface area (Å²) in [5.74, 6) is 2.12. The van der Waals surface area contributed by atoms with Crippen molar-refractivity contribution < 1.29 is 13.2 Å². The predicted octanol–water partition coefficient (Wildman–Crippen LogP) is 3.67. The summed E-state index contributed by atoms with van der Waals surface area (Å²) in [4.78, 5) is 7.66. The number of ether oxygens (including phenoxy) is 1. The molecular formula is C19H15N3O3S. The molecule has 3 N–H and O–H groups in total. The SMILES string of the molecule is NS(=O)(=O)c1ccc2nc(-c3ccc(Oc4ccccc4)cc3)[nH]c2c1. The number of rotatable bonds is 4. The van der Waals surface area contributed by atoms with Crippen LogP contribution in [0, 0.1) is 0 Å².